The van der Waals surface area contributed by atoms with Gasteiger partial charge in [0.05, 0.1) is 0 Å². The molecule has 0 radical (unpaired) electrons. The molecule has 130 valence electrons. The van der Waals surface area contributed by atoms with Crippen LogP contribution in [-0.2, 0) is 6.42 Å². The van der Waals surface area contributed by atoms with E-state index in [1.165, 1.54) is 45.4 Å². The number of allylic oxidation sites excluding steroid dienone is 1. The van der Waals surface area contributed by atoms with Crippen molar-refractivity contribution in [2.45, 2.75) is 33.6 Å². The molecule has 0 aliphatic heterocycles. The molecule has 0 amide bonds. The first-order valence-electron chi connectivity index (χ1n) is 9.60. The third-order valence-electron chi connectivity index (χ3n) is 5.26. The summed E-state index contributed by atoms with van der Waals surface area (Å²) in [6, 6.07) is 24.2. The van der Waals surface area contributed by atoms with Crippen LogP contribution in [0.25, 0.3) is 28.3 Å². The summed E-state index contributed by atoms with van der Waals surface area (Å²) in [6.07, 6.45) is 4.75. The molecule has 3 aromatic rings. The van der Waals surface area contributed by atoms with E-state index >= 15 is 0 Å². The molecule has 0 heteroatoms. The Morgan fingerprint density at radius 1 is 0.808 bits per heavy atom. The number of aryl methyl sites for hydroxylation is 1. The van der Waals surface area contributed by atoms with Crippen LogP contribution >= 0.6 is 0 Å². The van der Waals surface area contributed by atoms with Crippen molar-refractivity contribution in [1.82, 2.24) is 0 Å². The molecular weight excluding hydrogens is 312 g/mol. The van der Waals surface area contributed by atoms with Gasteiger partial charge in [-0.25, -0.2) is 0 Å². The maximum absolute atomic E-state index is 2.46. The molecule has 26 heavy (non-hydrogen) atoms. The van der Waals surface area contributed by atoms with E-state index < -0.39 is 0 Å². The second-order valence-electron chi connectivity index (χ2n) is 7.82. The van der Waals surface area contributed by atoms with Gasteiger partial charge in [-0.1, -0.05) is 92.2 Å². The molecule has 0 aromatic heterocycles. The average molecular weight is 338 g/mol. The van der Waals surface area contributed by atoms with E-state index in [0.29, 0.717) is 5.92 Å². The Balaban J connectivity index is 1.89. The Morgan fingerprint density at radius 3 is 2.23 bits per heavy atom. The number of benzene rings is 3. The molecule has 0 atom stereocenters. The lowest BCUT2D eigenvalue weighted by atomic mass is 9.88. The van der Waals surface area contributed by atoms with Crippen molar-refractivity contribution in [3.05, 3.63) is 89.0 Å². The van der Waals surface area contributed by atoms with Crippen molar-refractivity contribution in [3.63, 3.8) is 0 Å². The standard InChI is InChI=1S/C26H26/c1-18(2)15-20-16-22-14-13-19(3)26(25(22)17-20)24-12-8-7-11-23(24)21-9-5-4-6-10-21/h4-14,17-18H,15-16H2,1-3H3. The molecule has 0 spiro atoms. The van der Waals surface area contributed by atoms with Crippen molar-refractivity contribution in [2.24, 2.45) is 5.92 Å². The van der Waals surface area contributed by atoms with Gasteiger partial charge in [0.2, 0.25) is 0 Å². The predicted molar refractivity (Wildman–Crippen MR) is 113 cm³/mol. The highest BCUT2D eigenvalue weighted by Gasteiger charge is 2.20. The summed E-state index contributed by atoms with van der Waals surface area (Å²) in [7, 11) is 0. The van der Waals surface area contributed by atoms with Gasteiger partial charge in [0.25, 0.3) is 0 Å². The molecule has 0 fully saturated rings. The summed E-state index contributed by atoms with van der Waals surface area (Å²) < 4.78 is 0. The van der Waals surface area contributed by atoms with E-state index in [0.717, 1.165) is 6.42 Å². The van der Waals surface area contributed by atoms with Crippen LogP contribution in [0.5, 0.6) is 0 Å². The Hall–Kier alpha value is -2.60. The minimum atomic E-state index is 0.705. The zero-order chi connectivity index (χ0) is 18.1. The van der Waals surface area contributed by atoms with E-state index in [2.05, 4.69) is 93.6 Å². The molecule has 0 saturated heterocycles. The minimum Gasteiger partial charge on any atom is -0.0649 e. The maximum atomic E-state index is 2.46. The van der Waals surface area contributed by atoms with E-state index in [1.807, 2.05) is 0 Å². The van der Waals surface area contributed by atoms with Crippen LogP contribution in [0.4, 0.5) is 0 Å². The molecule has 0 nitrogen and oxygen atoms in total. The molecule has 4 rings (SSSR count). The lowest BCUT2D eigenvalue weighted by molar-refractivity contribution is 0.638. The van der Waals surface area contributed by atoms with Crippen LogP contribution in [0.15, 0.2) is 72.3 Å². The van der Waals surface area contributed by atoms with Crippen LogP contribution in [0.1, 0.15) is 37.0 Å². The van der Waals surface area contributed by atoms with Gasteiger partial charge >= 0.3 is 0 Å². The van der Waals surface area contributed by atoms with Gasteiger partial charge in [-0.05, 0) is 64.6 Å². The Bertz CT molecular complexity index is 959. The van der Waals surface area contributed by atoms with Crippen LogP contribution in [0.2, 0.25) is 0 Å². The summed E-state index contributed by atoms with van der Waals surface area (Å²) in [5, 5.41) is 0. The van der Waals surface area contributed by atoms with Crippen LogP contribution < -0.4 is 0 Å². The summed E-state index contributed by atoms with van der Waals surface area (Å²) >= 11 is 0. The zero-order valence-corrected chi connectivity index (χ0v) is 15.9. The smallest absolute Gasteiger partial charge is 0.00575 e. The summed E-state index contributed by atoms with van der Waals surface area (Å²) in [4.78, 5) is 0. The van der Waals surface area contributed by atoms with E-state index in [9.17, 15) is 0 Å². The second kappa shape index (κ2) is 6.96. The fourth-order valence-electron chi connectivity index (χ4n) is 4.17. The third-order valence-corrected chi connectivity index (χ3v) is 5.26. The van der Waals surface area contributed by atoms with Crippen molar-refractivity contribution in [3.8, 4) is 22.3 Å². The van der Waals surface area contributed by atoms with Gasteiger partial charge in [0.1, 0.15) is 0 Å². The molecular formula is C26H26. The second-order valence-corrected chi connectivity index (χ2v) is 7.82. The third kappa shape index (κ3) is 3.12. The van der Waals surface area contributed by atoms with Crippen molar-refractivity contribution in [1.29, 1.82) is 0 Å². The van der Waals surface area contributed by atoms with E-state index in [-0.39, 0.29) is 0 Å². The molecule has 0 unspecified atom stereocenters. The van der Waals surface area contributed by atoms with Crippen LogP contribution in [0.3, 0.4) is 0 Å². The first kappa shape index (κ1) is 16.8. The summed E-state index contributed by atoms with van der Waals surface area (Å²) in [6.45, 7) is 6.85. The lowest BCUT2D eigenvalue weighted by Gasteiger charge is -2.16. The highest BCUT2D eigenvalue weighted by Crippen LogP contribution is 2.41. The number of fused-ring (bicyclic) bond motifs is 1. The highest BCUT2D eigenvalue weighted by atomic mass is 14.2. The van der Waals surface area contributed by atoms with Gasteiger partial charge in [0, 0.05) is 0 Å². The molecule has 1 aliphatic rings. The predicted octanol–water partition coefficient (Wildman–Crippen LogP) is 7.31. The molecule has 0 heterocycles. The molecule has 3 aromatic carbocycles. The fourth-order valence-corrected chi connectivity index (χ4v) is 4.17. The topological polar surface area (TPSA) is 0 Å². The number of hydrogen-bond donors (Lipinski definition) is 0. The summed E-state index contributed by atoms with van der Waals surface area (Å²) in [5.74, 6) is 0.705. The fraction of sp³-hybridized carbons (Fsp3) is 0.231. The van der Waals surface area contributed by atoms with Gasteiger partial charge < -0.3 is 0 Å². The Morgan fingerprint density at radius 2 is 1.50 bits per heavy atom. The highest BCUT2D eigenvalue weighted by molar-refractivity contribution is 5.91. The van der Waals surface area contributed by atoms with Crippen molar-refractivity contribution < 1.29 is 0 Å². The Labute approximate surface area is 157 Å². The quantitative estimate of drug-likeness (QED) is 0.467. The first-order chi connectivity index (χ1) is 12.6. The first-order valence-corrected chi connectivity index (χ1v) is 9.60. The van der Waals surface area contributed by atoms with Gasteiger partial charge in [0.15, 0.2) is 0 Å². The molecule has 0 N–H and O–H groups in total. The van der Waals surface area contributed by atoms with Crippen LogP contribution in [-0.4, -0.2) is 0 Å². The molecule has 0 saturated carbocycles. The number of hydrogen-bond acceptors (Lipinski definition) is 0. The summed E-state index contributed by atoms with van der Waals surface area (Å²) in [5.41, 5.74) is 11.2. The number of rotatable bonds is 4. The lowest BCUT2D eigenvalue weighted by Crippen LogP contribution is -1.94. The van der Waals surface area contributed by atoms with E-state index in [1.54, 1.807) is 5.57 Å². The molecule has 0 bridgehead atoms. The normalized spacial score (nSPS) is 13.0. The van der Waals surface area contributed by atoms with Gasteiger partial charge in [-0.15, -0.1) is 0 Å². The monoisotopic (exact) mass is 338 g/mol. The van der Waals surface area contributed by atoms with Gasteiger partial charge in [-0.2, -0.15) is 0 Å². The SMILES string of the molecule is Cc1ccc2c(c1-c1ccccc1-c1ccccc1)C=C(CC(C)C)C2. The minimum absolute atomic E-state index is 0.705. The van der Waals surface area contributed by atoms with Crippen molar-refractivity contribution in [2.75, 3.05) is 0 Å². The largest absolute Gasteiger partial charge is 0.0649 e. The van der Waals surface area contributed by atoms with E-state index in [4.69, 9.17) is 0 Å². The van der Waals surface area contributed by atoms with Crippen LogP contribution in [0, 0.1) is 12.8 Å². The van der Waals surface area contributed by atoms with Crippen molar-refractivity contribution >= 4 is 6.08 Å². The molecule has 1 aliphatic carbocycles. The maximum Gasteiger partial charge on any atom is -0.00575 e. The van der Waals surface area contributed by atoms with Gasteiger partial charge in [-0.3, -0.25) is 0 Å². The average Bonchev–Trinajstić information content (AvgIpc) is 3.04. The zero-order valence-electron chi connectivity index (χ0n) is 15.9. The Kier molecular flexibility index (Phi) is 4.51.